The lowest BCUT2D eigenvalue weighted by molar-refractivity contribution is 0.0948. The molecule has 0 bridgehead atoms. The summed E-state index contributed by atoms with van der Waals surface area (Å²) in [6, 6.07) is 10.9. The monoisotopic (exact) mass is 277 g/mol. The highest BCUT2D eigenvalue weighted by atomic mass is 35.5. The van der Waals surface area contributed by atoms with Crippen molar-refractivity contribution in [2.45, 2.75) is 6.54 Å². The quantitative estimate of drug-likeness (QED) is 0.808. The summed E-state index contributed by atoms with van der Waals surface area (Å²) in [5.74, 6) is -0.486. The molecule has 0 aromatic heterocycles. The van der Waals surface area contributed by atoms with Gasteiger partial charge in [0.1, 0.15) is 11.5 Å². The highest BCUT2D eigenvalue weighted by Gasteiger charge is 2.12. The number of hydrogen-bond acceptors (Lipinski definition) is 3. The second-order valence-corrected chi connectivity index (χ2v) is 4.41. The molecule has 0 aliphatic heterocycles. The van der Waals surface area contributed by atoms with Gasteiger partial charge in [0, 0.05) is 17.1 Å². The minimum Gasteiger partial charge on any atom is -0.508 e. The highest BCUT2D eigenvalue weighted by Crippen LogP contribution is 2.21. The van der Waals surface area contributed by atoms with Gasteiger partial charge in [-0.05, 0) is 24.3 Å². The van der Waals surface area contributed by atoms with Crippen LogP contribution in [0.2, 0.25) is 5.02 Å². The Labute approximate surface area is 115 Å². The standard InChI is InChI=1S/C14H12ClNO3/c15-10-5-6-13(18)11(7-10)14(19)16-8-9-3-1-2-4-12(9)17/h1-7,17-18H,8H2,(H,16,19). The van der Waals surface area contributed by atoms with E-state index >= 15 is 0 Å². The molecule has 19 heavy (non-hydrogen) atoms. The lowest BCUT2D eigenvalue weighted by atomic mass is 10.1. The molecule has 0 atom stereocenters. The molecule has 4 nitrogen and oxygen atoms in total. The van der Waals surface area contributed by atoms with Crippen LogP contribution < -0.4 is 5.32 Å². The molecule has 5 heteroatoms. The fourth-order valence-corrected chi connectivity index (χ4v) is 1.79. The van der Waals surface area contributed by atoms with Gasteiger partial charge in [0.25, 0.3) is 5.91 Å². The molecule has 1 amide bonds. The molecular formula is C14H12ClNO3. The first-order valence-electron chi connectivity index (χ1n) is 5.61. The number of aromatic hydroxyl groups is 2. The van der Waals surface area contributed by atoms with Crippen molar-refractivity contribution < 1.29 is 15.0 Å². The van der Waals surface area contributed by atoms with Crippen LogP contribution in [0.5, 0.6) is 11.5 Å². The number of rotatable bonds is 3. The van der Waals surface area contributed by atoms with Crippen LogP contribution in [0.3, 0.4) is 0 Å². The van der Waals surface area contributed by atoms with Crippen LogP contribution in [0.1, 0.15) is 15.9 Å². The number of benzene rings is 2. The zero-order valence-electron chi connectivity index (χ0n) is 9.93. The van der Waals surface area contributed by atoms with Gasteiger partial charge >= 0.3 is 0 Å². The normalized spacial score (nSPS) is 10.2. The van der Waals surface area contributed by atoms with Crippen molar-refractivity contribution >= 4 is 17.5 Å². The molecule has 3 N–H and O–H groups in total. The Bertz CT molecular complexity index is 613. The molecule has 0 spiro atoms. The van der Waals surface area contributed by atoms with E-state index < -0.39 is 5.91 Å². The van der Waals surface area contributed by atoms with E-state index in [4.69, 9.17) is 11.6 Å². The first kappa shape index (κ1) is 13.2. The van der Waals surface area contributed by atoms with Crippen molar-refractivity contribution in [1.29, 1.82) is 0 Å². The maximum Gasteiger partial charge on any atom is 0.255 e. The van der Waals surface area contributed by atoms with Gasteiger partial charge in [0.2, 0.25) is 0 Å². The minimum atomic E-state index is -0.455. The van der Waals surface area contributed by atoms with Gasteiger partial charge in [-0.1, -0.05) is 29.8 Å². The van der Waals surface area contributed by atoms with Gasteiger partial charge in [-0.3, -0.25) is 4.79 Å². The Morgan fingerprint density at radius 1 is 1.11 bits per heavy atom. The van der Waals surface area contributed by atoms with Crippen LogP contribution in [-0.4, -0.2) is 16.1 Å². The number of amides is 1. The summed E-state index contributed by atoms with van der Waals surface area (Å²) in [6.07, 6.45) is 0. The Morgan fingerprint density at radius 2 is 1.84 bits per heavy atom. The molecule has 2 aromatic rings. The number of nitrogens with one attached hydrogen (secondary N) is 1. The average molecular weight is 278 g/mol. The number of halogens is 1. The van der Waals surface area contributed by atoms with E-state index in [0.29, 0.717) is 10.6 Å². The van der Waals surface area contributed by atoms with Gasteiger partial charge < -0.3 is 15.5 Å². The topological polar surface area (TPSA) is 69.6 Å². The minimum absolute atomic E-state index is 0.0999. The SMILES string of the molecule is O=C(NCc1ccccc1O)c1cc(Cl)ccc1O. The molecule has 98 valence electrons. The summed E-state index contributed by atoms with van der Waals surface area (Å²) < 4.78 is 0. The van der Waals surface area contributed by atoms with Crippen LogP contribution >= 0.6 is 11.6 Å². The summed E-state index contributed by atoms with van der Waals surface area (Å²) in [6.45, 7) is 0.164. The van der Waals surface area contributed by atoms with E-state index in [1.54, 1.807) is 24.3 Å². The number of phenols is 2. The molecule has 0 saturated carbocycles. The molecule has 0 heterocycles. The van der Waals surface area contributed by atoms with Crippen LogP contribution in [-0.2, 0) is 6.54 Å². The number of para-hydroxylation sites is 1. The maximum atomic E-state index is 11.9. The van der Waals surface area contributed by atoms with E-state index in [9.17, 15) is 15.0 Å². The van der Waals surface area contributed by atoms with Crippen molar-refractivity contribution in [3.63, 3.8) is 0 Å². The van der Waals surface area contributed by atoms with Crippen molar-refractivity contribution in [2.24, 2.45) is 0 Å². The molecule has 0 fully saturated rings. The van der Waals surface area contributed by atoms with Crippen molar-refractivity contribution in [1.82, 2.24) is 5.32 Å². The van der Waals surface area contributed by atoms with Crippen molar-refractivity contribution in [2.75, 3.05) is 0 Å². The fourth-order valence-electron chi connectivity index (χ4n) is 1.62. The first-order valence-corrected chi connectivity index (χ1v) is 5.99. The molecular weight excluding hydrogens is 266 g/mol. The van der Waals surface area contributed by atoms with E-state index in [1.807, 2.05) is 0 Å². The van der Waals surface area contributed by atoms with Gasteiger partial charge in [0.15, 0.2) is 0 Å². The Morgan fingerprint density at radius 3 is 2.58 bits per heavy atom. The van der Waals surface area contributed by atoms with Crippen LogP contribution in [0.25, 0.3) is 0 Å². The van der Waals surface area contributed by atoms with E-state index in [1.165, 1.54) is 18.2 Å². The lowest BCUT2D eigenvalue weighted by Crippen LogP contribution is -2.22. The molecule has 0 unspecified atom stereocenters. The summed E-state index contributed by atoms with van der Waals surface area (Å²) in [5, 5.41) is 22.1. The van der Waals surface area contributed by atoms with Crippen LogP contribution in [0.15, 0.2) is 42.5 Å². The fraction of sp³-hybridized carbons (Fsp3) is 0.0714. The zero-order valence-corrected chi connectivity index (χ0v) is 10.7. The second-order valence-electron chi connectivity index (χ2n) is 3.97. The van der Waals surface area contributed by atoms with Crippen molar-refractivity contribution in [3.8, 4) is 11.5 Å². The number of hydrogen-bond donors (Lipinski definition) is 3. The number of phenolic OH excluding ortho intramolecular Hbond substituents is 2. The van der Waals surface area contributed by atoms with E-state index in [0.717, 1.165) is 0 Å². The van der Waals surface area contributed by atoms with Gasteiger partial charge in [-0.15, -0.1) is 0 Å². The highest BCUT2D eigenvalue weighted by molar-refractivity contribution is 6.31. The van der Waals surface area contributed by atoms with Gasteiger partial charge in [-0.2, -0.15) is 0 Å². The molecule has 0 aliphatic carbocycles. The average Bonchev–Trinajstić information content (AvgIpc) is 2.40. The van der Waals surface area contributed by atoms with Gasteiger partial charge in [0.05, 0.1) is 5.56 Å². The van der Waals surface area contributed by atoms with Crippen LogP contribution in [0.4, 0.5) is 0 Å². The first-order chi connectivity index (χ1) is 9.08. The third-order valence-corrected chi connectivity index (χ3v) is 2.87. The molecule has 0 aliphatic rings. The molecule has 0 saturated heterocycles. The van der Waals surface area contributed by atoms with E-state index in [-0.39, 0.29) is 23.6 Å². The summed E-state index contributed by atoms with van der Waals surface area (Å²) in [5.41, 5.74) is 0.695. The lowest BCUT2D eigenvalue weighted by Gasteiger charge is -2.08. The molecule has 2 rings (SSSR count). The summed E-state index contributed by atoms with van der Waals surface area (Å²) in [7, 11) is 0. The summed E-state index contributed by atoms with van der Waals surface area (Å²) >= 11 is 5.77. The van der Waals surface area contributed by atoms with Gasteiger partial charge in [-0.25, -0.2) is 0 Å². The molecule has 2 aromatic carbocycles. The van der Waals surface area contributed by atoms with Crippen LogP contribution in [0, 0.1) is 0 Å². The summed E-state index contributed by atoms with van der Waals surface area (Å²) in [4.78, 5) is 11.9. The Hall–Kier alpha value is -2.20. The second kappa shape index (κ2) is 5.63. The van der Waals surface area contributed by atoms with Crippen molar-refractivity contribution in [3.05, 3.63) is 58.6 Å². The third kappa shape index (κ3) is 3.17. The third-order valence-electron chi connectivity index (χ3n) is 2.63. The largest absolute Gasteiger partial charge is 0.508 e. The molecule has 0 radical (unpaired) electrons. The number of carbonyl (C=O) groups excluding carboxylic acids is 1. The smallest absolute Gasteiger partial charge is 0.255 e. The predicted molar refractivity (Wildman–Crippen MR) is 72.4 cm³/mol. The Balaban J connectivity index is 2.10. The number of carbonyl (C=O) groups is 1. The Kier molecular flexibility index (Phi) is 3.92. The van der Waals surface area contributed by atoms with E-state index in [2.05, 4.69) is 5.32 Å². The zero-order chi connectivity index (χ0) is 13.8. The maximum absolute atomic E-state index is 11.9. The predicted octanol–water partition coefficient (Wildman–Crippen LogP) is 2.68.